The van der Waals surface area contributed by atoms with E-state index in [2.05, 4.69) is 17.4 Å². The SMILES string of the molecule is CC.CC(NC(=O)C(C)(C)Oc1ccc(Cl)cc1)C(Cc1ccccc1)c1ccccc1Cl. The third-order valence-corrected chi connectivity index (χ3v) is 5.90. The highest BCUT2D eigenvalue weighted by Gasteiger charge is 2.33. The van der Waals surface area contributed by atoms with Gasteiger partial charge in [0.2, 0.25) is 0 Å². The molecule has 33 heavy (non-hydrogen) atoms. The molecular weight excluding hydrogens is 453 g/mol. The molecule has 0 fully saturated rings. The summed E-state index contributed by atoms with van der Waals surface area (Å²) in [5, 5.41) is 4.46. The zero-order valence-corrected chi connectivity index (χ0v) is 21.5. The Balaban J connectivity index is 0.00000187. The molecule has 0 saturated carbocycles. The van der Waals surface area contributed by atoms with Gasteiger partial charge in [-0.05, 0) is 68.7 Å². The van der Waals surface area contributed by atoms with E-state index in [1.165, 1.54) is 5.56 Å². The monoisotopic (exact) mass is 485 g/mol. The van der Waals surface area contributed by atoms with Crippen LogP contribution in [-0.2, 0) is 11.2 Å². The van der Waals surface area contributed by atoms with E-state index < -0.39 is 5.60 Å². The van der Waals surface area contributed by atoms with Gasteiger partial charge in [-0.1, -0.05) is 85.6 Å². The lowest BCUT2D eigenvalue weighted by molar-refractivity contribution is -0.135. The minimum Gasteiger partial charge on any atom is -0.478 e. The van der Waals surface area contributed by atoms with Gasteiger partial charge in [-0.2, -0.15) is 0 Å². The second kappa shape index (κ2) is 12.7. The fourth-order valence-corrected chi connectivity index (χ4v) is 3.93. The van der Waals surface area contributed by atoms with Crippen molar-refractivity contribution in [1.29, 1.82) is 0 Å². The highest BCUT2D eigenvalue weighted by atomic mass is 35.5. The van der Waals surface area contributed by atoms with Gasteiger partial charge < -0.3 is 10.1 Å². The van der Waals surface area contributed by atoms with Crippen molar-refractivity contribution in [2.45, 2.75) is 58.6 Å². The first kappa shape index (κ1) is 26.8. The largest absolute Gasteiger partial charge is 0.478 e. The summed E-state index contributed by atoms with van der Waals surface area (Å²) >= 11 is 12.5. The number of hydrogen-bond donors (Lipinski definition) is 1. The van der Waals surface area contributed by atoms with Crippen LogP contribution in [0.5, 0.6) is 5.75 Å². The van der Waals surface area contributed by atoms with Gasteiger partial charge in [-0.3, -0.25) is 4.79 Å². The van der Waals surface area contributed by atoms with E-state index in [1.807, 2.05) is 63.2 Å². The molecule has 2 unspecified atom stereocenters. The molecule has 2 atom stereocenters. The molecule has 0 aromatic heterocycles. The first-order valence-corrected chi connectivity index (χ1v) is 12.1. The molecule has 0 aliphatic carbocycles. The summed E-state index contributed by atoms with van der Waals surface area (Å²) in [6.07, 6.45) is 0.754. The van der Waals surface area contributed by atoms with Crippen LogP contribution >= 0.6 is 23.2 Å². The Morgan fingerprint density at radius 1 is 0.909 bits per heavy atom. The number of ether oxygens (including phenoxy) is 1. The van der Waals surface area contributed by atoms with Crippen LogP contribution in [0.3, 0.4) is 0 Å². The Kier molecular flexibility index (Phi) is 10.3. The molecular formula is C28H33Cl2NO2. The number of carbonyl (C=O) groups excluding carboxylic acids is 1. The maximum Gasteiger partial charge on any atom is 0.263 e. The Morgan fingerprint density at radius 3 is 2.09 bits per heavy atom. The fourth-order valence-electron chi connectivity index (χ4n) is 3.52. The van der Waals surface area contributed by atoms with Crippen LogP contribution < -0.4 is 10.1 Å². The van der Waals surface area contributed by atoms with E-state index in [4.69, 9.17) is 27.9 Å². The van der Waals surface area contributed by atoms with Crippen LogP contribution in [0.1, 0.15) is 51.7 Å². The van der Waals surface area contributed by atoms with E-state index in [0.717, 1.165) is 12.0 Å². The topological polar surface area (TPSA) is 38.3 Å². The first-order valence-electron chi connectivity index (χ1n) is 11.3. The zero-order valence-electron chi connectivity index (χ0n) is 19.9. The van der Waals surface area contributed by atoms with Crippen LogP contribution in [0.25, 0.3) is 0 Å². The van der Waals surface area contributed by atoms with Crippen molar-refractivity contribution in [1.82, 2.24) is 5.32 Å². The average Bonchev–Trinajstić information content (AvgIpc) is 2.81. The van der Waals surface area contributed by atoms with Gasteiger partial charge in [0.25, 0.3) is 5.91 Å². The highest BCUT2D eigenvalue weighted by molar-refractivity contribution is 6.31. The maximum absolute atomic E-state index is 13.1. The van der Waals surface area contributed by atoms with Crippen LogP contribution in [0.4, 0.5) is 0 Å². The molecule has 3 aromatic carbocycles. The molecule has 3 aromatic rings. The van der Waals surface area contributed by atoms with Gasteiger partial charge in [0.15, 0.2) is 5.60 Å². The Morgan fingerprint density at radius 2 is 1.48 bits per heavy atom. The Hall–Kier alpha value is -2.49. The third-order valence-electron chi connectivity index (χ3n) is 5.30. The molecule has 0 aliphatic rings. The van der Waals surface area contributed by atoms with Crippen molar-refractivity contribution in [3.63, 3.8) is 0 Å². The smallest absolute Gasteiger partial charge is 0.263 e. The molecule has 0 aliphatic heterocycles. The Labute approximate surface area is 208 Å². The summed E-state index contributed by atoms with van der Waals surface area (Å²) in [5.41, 5.74) is 1.14. The van der Waals surface area contributed by atoms with Gasteiger partial charge in [-0.15, -0.1) is 0 Å². The van der Waals surface area contributed by atoms with Crippen LogP contribution in [0.15, 0.2) is 78.9 Å². The molecule has 1 N–H and O–H groups in total. The van der Waals surface area contributed by atoms with E-state index in [0.29, 0.717) is 15.8 Å². The van der Waals surface area contributed by atoms with Crippen molar-refractivity contribution < 1.29 is 9.53 Å². The van der Waals surface area contributed by atoms with E-state index in [-0.39, 0.29) is 17.9 Å². The zero-order chi connectivity index (χ0) is 24.4. The van der Waals surface area contributed by atoms with E-state index >= 15 is 0 Å². The summed E-state index contributed by atoms with van der Waals surface area (Å²) in [6, 6.07) is 24.8. The number of carbonyl (C=O) groups is 1. The van der Waals surface area contributed by atoms with Gasteiger partial charge in [0, 0.05) is 22.0 Å². The van der Waals surface area contributed by atoms with E-state index in [1.54, 1.807) is 38.1 Å². The lowest BCUT2D eigenvalue weighted by atomic mass is 9.86. The predicted molar refractivity (Wildman–Crippen MR) is 139 cm³/mol. The first-order chi connectivity index (χ1) is 15.8. The number of benzene rings is 3. The number of rotatable bonds is 8. The van der Waals surface area contributed by atoms with Gasteiger partial charge in [0.05, 0.1) is 0 Å². The number of hydrogen-bond acceptors (Lipinski definition) is 2. The molecule has 0 bridgehead atoms. The van der Waals surface area contributed by atoms with Crippen molar-refractivity contribution in [2.24, 2.45) is 0 Å². The number of nitrogens with one attached hydrogen (secondary N) is 1. The summed E-state index contributed by atoms with van der Waals surface area (Å²) in [7, 11) is 0. The molecule has 5 heteroatoms. The predicted octanol–water partition coefficient (Wildman–Crippen LogP) is 7.71. The highest BCUT2D eigenvalue weighted by Crippen LogP contribution is 2.31. The van der Waals surface area contributed by atoms with Crippen molar-refractivity contribution >= 4 is 29.1 Å². The molecule has 0 saturated heterocycles. The molecule has 1 amide bonds. The quantitative estimate of drug-likeness (QED) is 0.354. The van der Waals surface area contributed by atoms with Crippen molar-refractivity contribution in [3.8, 4) is 5.75 Å². The summed E-state index contributed by atoms with van der Waals surface area (Å²) in [6.45, 7) is 9.52. The third kappa shape index (κ3) is 7.80. The lowest BCUT2D eigenvalue weighted by Crippen LogP contribution is -2.51. The standard InChI is InChI=1S/C26H27Cl2NO2.C2H6/c1-18(29-25(30)26(2,3)31-21-15-13-20(27)14-16-21)23(17-19-9-5-4-6-10-19)22-11-7-8-12-24(22)28;1-2/h4-16,18,23H,17H2,1-3H3,(H,29,30);1-2H3. The number of amides is 1. The normalized spacial score (nSPS) is 12.7. The second-order valence-electron chi connectivity index (χ2n) is 8.15. The van der Waals surface area contributed by atoms with Gasteiger partial charge >= 0.3 is 0 Å². The molecule has 176 valence electrons. The van der Waals surface area contributed by atoms with Crippen LogP contribution in [0.2, 0.25) is 10.0 Å². The van der Waals surface area contributed by atoms with Crippen molar-refractivity contribution in [3.05, 3.63) is 100 Å². The van der Waals surface area contributed by atoms with Crippen LogP contribution in [-0.4, -0.2) is 17.6 Å². The van der Waals surface area contributed by atoms with Gasteiger partial charge in [-0.25, -0.2) is 0 Å². The van der Waals surface area contributed by atoms with Gasteiger partial charge in [0.1, 0.15) is 5.75 Å². The second-order valence-corrected chi connectivity index (χ2v) is 8.99. The lowest BCUT2D eigenvalue weighted by Gasteiger charge is -2.31. The minimum atomic E-state index is -1.06. The average molecular weight is 486 g/mol. The number of halogens is 2. The summed E-state index contributed by atoms with van der Waals surface area (Å²) in [5.74, 6) is 0.399. The van der Waals surface area contributed by atoms with E-state index in [9.17, 15) is 4.79 Å². The molecule has 3 nitrogen and oxygen atoms in total. The maximum atomic E-state index is 13.1. The minimum absolute atomic E-state index is 0.00591. The summed E-state index contributed by atoms with van der Waals surface area (Å²) in [4.78, 5) is 13.1. The summed E-state index contributed by atoms with van der Waals surface area (Å²) < 4.78 is 5.95. The molecule has 3 rings (SSSR count). The van der Waals surface area contributed by atoms with Crippen LogP contribution in [0, 0.1) is 0 Å². The van der Waals surface area contributed by atoms with Crippen molar-refractivity contribution in [2.75, 3.05) is 0 Å². The Bertz CT molecular complexity index is 1000. The molecule has 0 spiro atoms. The fraction of sp³-hybridized carbons (Fsp3) is 0.321. The molecule has 0 heterocycles. The molecule has 0 radical (unpaired) electrons.